The molecule has 0 bridgehead atoms. The first-order chi connectivity index (χ1) is 11.6. The van der Waals surface area contributed by atoms with Crippen LogP contribution in [0, 0.1) is 5.92 Å². The lowest BCUT2D eigenvalue weighted by Gasteiger charge is -2.22. The van der Waals surface area contributed by atoms with Crippen LogP contribution in [0.1, 0.15) is 39.7 Å². The third-order valence-electron chi connectivity index (χ3n) is 3.43. The van der Waals surface area contributed by atoms with Gasteiger partial charge in [0.15, 0.2) is 0 Å². The highest BCUT2D eigenvalue weighted by molar-refractivity contribution is 5.88. The van der Waals surface area contributed by atoms with Crippen LogP contribution in [0.4, 0.5) is 0 Å². The molecule has 0 fully saturated rings. The lowest BCUT2D eigenvalue weighted by molar-refractivity contribution is -0.157. The quantitative estimate of drug-likeness (QED) is 0.764. The van der Waals surface area contributed by atoms with Crippen LogP contribution >= 0.6 is 0 Å². The van der Waals surface area contributed by atoms with Crippen molar-refractivity contribution in [3.8, 4) is 0 Å². The van der Waals surface area contributed by atoms with Crippen LogP contribution in [-0.2, 0) is 30.3 Å². The van der Waals surface area contributed by atoms with E-state index in [1.54, 1.807) is 27.7 Å². The van der Waals surface area contributed by atoms with Gasteiger partial charge < -0.3 is 14.8 Å². The minimum Gasteiger partial charge on any atom is -0.467 e. The number of ether oxygens (including phenoxy) is 2. The highest BCUT2D eigenvalue weighted by atomic mass is 16.6. The first kappa shape index (κ1) is 20.7. The topological polar surface area (TPSA) is 81.7 Å². The first-order valence-corrected chi connectivity index (χ1v) is 8.26. The number of carbonyl (C=O) groups excluding carboxylic acids is 3. The molecule has 6 heteroatoms. The van der Waals surface area contributed by atoms with Gasteiger partial charge in [-0.1, -0.05) is 37.3 Å². The summed E-state index contributed by atoms with van der Waals surface area (Å²) in [6, 6.07) is 8.52. The summed E-state index contributed by atoms with van der Waals surface area (Å²) in [5.41, 5.74) is 0.299. The Labute approximate surface area is 148 Å². The number of rotatable bonds is 7. The summed E-state index contributed by atoms with van der Waals surface area (Å²) in [5, 5.41) is 2.66. The number of hydrogen-bond acceptors (Lipinski definition) is 5. The zero-order chi connectivity index (χ0) is 19.0. The third kappa shape index (κ3) is 7.83. The van der Waals surface area contributed by atoms with E-state index in [1.807, 2.05) is 30.3 Å². The molecule has 1 amide bonds. The molecule has 25 heavy (non-hydrogen) atoms. The Hall–Kier alpha value is -2.37. The van der Waals surface area contributed by atoms with Gasteiger partial charge in [-0.05, 0) is 26.3 Å². The predicted octanol–water partition coefficient (Wildman–Crippen LogP) is 2.25. The van der Waals surface area contributed by atoms with Crippen LogP contribution in [0.25, 0.3) is 0 Å². The van der Waals surface area contributed by atoms with Gasteiger partial charge in [-0.15, -0.1) is 0 Å². The Bertz CT molecular complexity index is 592. The van der Waals surface area contributed by atoms with Crippen molar-refractivity contribution < 1.29 is 23.9 Å². The van der Waals surface area contributed by atoms with Crippen molar-refractivity contribution in [3.05, 3.63) is 35.9 Å². The lowest BCUT2D eigenvalue weighted by Crippen LogP contribution is -2.45. The Kier molecular flexibility index (Phi) is 7.61. The molecule has 0 saturated carbocycles. The second-order valence-corrected chi connectivity index (χ2v) is 6.97. The van der Waals surface area contributed by atoms with E-state index >= 15 is 0 Å². The van der Waals surface area contributed by atoms with Crippen molar-refractivity contribution in [3.63, 3.8) is 0 Å². The van der Waals surface area contributed by atoms with Gasteiger partial charge in [0.05, 0.1) is 13.5 Å². The van der Waals surface area contributed by atoms with E-state index in [9.17, 15) is 14.4 Å². The van der Waals surface area contributed by atoms with Gasteiger partial charge in [0.1, 0.15) is 11.6 Å². The molecule has 0 unspecified atom stereocenters. The predicted molar refractivity (Wildman–Crippen MR) is 93.7 cm³/mol. The fraction of sp³-hybridized carbons (Fsp3) is 0.526. The molecule has 0 saturated heterocycles. The smallest absolute Gasteiger partial charge is 0.328 e. The van der Waals surface area contributed by atoms with Gasteiger partial charge in [0.25, 0.3) is 0 Å². The van der Waals surface area contributed by atoms with E-state index in [0.717, 1.165) is 5.56 Å². The number of amides is 1. The molecule has 0 spiro atoms. The zero-order valence-electron chi connectivity index (χ0n) is 15.5. The summed E-state index contributed by atoms with van der Waals surface area (Å²) in [5.74, 6) is -1.98. The molecule has 1 aromatic carbocycles. The molecule has 0 aliphatic rings. The average Bonchev–Trinajstić information content (AvgIpc) is 2.52. The van der Waals surface area contributed by atoms with Crippen LogP contribution in [0.5, 0.6) is 0 Å². The molecular weight excluding hydrogens is 322 g/mol. The van der Waals surface area contributed by atoms with Crippen LogP contribution in [0.15, 0.2) is 30.3 Å². The summed E-state index contributed by atoms with van der Waals surface area (Å²) in [6.07, 6.45) is 0.265. The van der Waals surface area contributed by atoms with Gasteiger partial charge in [-0.3, -0.25) is 9.59 Å². The first-order valence-electron chi connectivity index (χ1n) is 8.26. The standard InChI is InChI=1S/C19H27NO5/c1-13(11-16(21)25-19(2,3)4)17(22)20-15(18(23)24-5)12-14-9-7-6-8-10-14/h6-10,13,15H,11-12H2,1-5H3,(H,20,22)/t13-,15+/m1/s1. The van der Waals surface area contributed by atoms with Crippen molar-refractivity contribution in [2.24, 2.45) is 5.92 Å². The Balaban J connectivity index is 2.68. The maximum atomic E-state index is 12.3. The number of nitrogens with one attached hydrogen (secondary N) is 1. The Morgan fingerprint density at radius 1 is 1.12 bits per heavy atom. The van der Waals surface area contributed by atoms with Crippen LogP contribution in [-0.4, -0.2) is 36.6 Å². The van der Waals surface area contributed by atoms with E-state index in [2.05, 4.69) is 5.32 Å². The van der Waals surface area contributed by atoms with Gasteiger partial charge in [-0.25, -0.2) is 4.79 Å². The van der Waals surface area contributed by atoms with Gasteiger partial charge in [-0.2, -0.15) is 0 Å². The second kappa shape index (κ2) is 9.20. The van der Waals surface area contributed by atoms with Crippen molar-refractivity contribution >= 4 is 17.8 Å². The van der Waals surface area contributed by atoms with Crippen LogP contribution in [0.3, 0.4) is 0 Å². The molecule has 0 aliphatic heterocycles. The number of benzene rings is 1. The van der Waals surface area contributed by atoms with Crippen molar-refractivity contribution in [1.82, 2.24) is 5.32 Å². The minimum atomic E-state index is -0.805. The summed E-state index contributed by atoms with van der Waals surface area (Å²) in [7, 11) is 1.27. The Morgan fingerprint density at radius 2 is 1.72 bits per heavy atom. The maximum Gasteiger partial charge on any atom is 0.328 e. The van der Waals surface area contributed by atoms with Gasteiger partial charge in [0.2, 0.25) is 5.91 Å². The molecule has 0 aromatic heterocycles. The average molecular weight is 349 g/mol. The van der Waals surface area contributed by atoms with Gasteiger partial charge >= 0.3 is 11.9 Å². The molecule has 1 rings (SSSR count). The monoisotopic (exact) mass is 349 g/mol. The summed E-state index contributed by atoms with van der Waals surface area (Å²) in [6.45, 7) is 6.92. The van der Waals surface area contributed by atoms with Crippen LogP contribution < -0.4 is 5.32 Å². The summed E-state index contributed by atoms with van der Waals surface area (Å²) >= 11 is 0. The third-order valence-corrected chi connectivity index (χ3v) is 3.43. The molecule has 0 radical (unpaired) electrons. The van der Waals surface area contributed by atoms with E-state index in [1.165, 1.54) is 7.11 Å². The maximum absolute atomic E-state index is 12.3. The van der Waals surface area contributed by atoms with E-state index in [4.69, 9.17) is 9.47 Å². The van der Waals surface area contributed by atoms with E-state index in [0.29, 0.717) is 6.42 Å². The van der Waals surface area contributed by atoms with E-state index in [-0.39, 0.29) is 6.42 Å². The second-order valence-electron chi connectivity index (χ2n) is 6.97. The number of hydrogen-bond donors (Lipinski definition) is 1. The highest BCUT2D eigenvalue weighted by Crippen LogP contribution is 2.13. The molecule has 1 N–H and O–H groups in total. The van der Waals surface area contributed by atoms with Gasteiger partial charge in [0, 0.05) is 12.3 Å². The molecular formula is C19H27NO5. The summed E-state index contributed by atoms with van der Waals surface area (Å²) < 4.78 is 9.98. The van der Waals surface area contributed by atoms with Crippen molar-refractivity contribution in [1.29, 1.82) is 0 Å². The number of methoxy groups -OCH3 is 1. The largest absolute Gasteiger partial charge is 0.467 e. The normalized spacial score (nSPS) is 13.5. The number of esters is 2. The van der Waals surface area contributed by atoms with E-state index < -0.39 is 35.4 Å². The minimum absolute atomic E-state index is 0.0532. The SMILES string of the molecule is COC(=O)[C@H](Cc1ccccc1)NC(=O)[C@H](C)CC(=O)OC(C)(C)C. The van der Waals surface area contributed by atoms with Crippen molar-refractivity contribution in [2.75, 3.05) is 7.11 Å². The fourth-order valence-corrected chi connectivity index (χ4v) is 2.23. The molecule has 138 valence electrons. The van der Waals surface area contributed by atoms with Crippen molar-refractivity contribution in [2.45, 2.75) is 52.2 Å². The fourth-order valence-electron chi connectivity index (χ4n) is 2.23. The number of carbonyl (C=O) groups is 3. The highest BCUT2D eigenvalue weighted by Gasteiger charge is 2.27. The molecule has 6 nitrogen and oxygen atoms in total. The zero-order valence-corrected chi connectivity index (χ0v) is 15.5. The molecule has 1 aromatic rings. The van der Waals surface area contributed by atoms with Crippen LogP contribution in [0.2, 0.25) is 0 Å². The molecule has 2 atom stereocenters. The Morgan fingerprint density at radius 3 is 2.24 bits per heavy atom. The molecule has 0 aliphatic carbocycles. The molecule has 0 heterocycles. The lowest BCUT2D eigenvalue weighted by atomic mass is 10.0. The summed E-state index contributed by atoms with van der Waals surface area (Å²) in [4.78, 5) is 36.1.